The van der Waals surface area contributed by atoms with Crippen LogP contribution in [0.25, 0.3) is 0 Å². The van der Waals surface area contributed by atoms with Crippen LogP contribution in [-0.4, -0.2) is 19.6 Å². The van der Waals surface area contributed by atoms with Crippen molar-refractivity contribution in [2.45, 2.75) is 20.4 Å². The monoisotopic (exact) mass is 274 g/mol. The molecule has 1 aromatic carbocycles. The van der Waals surface area contributed by atoms with Gasteiger partial charge < -0.3 is 10.6 Å². The Kier molecular flexibility index (Phi) is 6.90. The first-order chi connectivity index (χ1) is 8.09. The Morgan fingerprint density at radius 1 is 1.12 bits per heavy atom. The molecule has 0 aromatic heterocycles. The van der Waals surface area contributed by atoms with E-state index in [1.165, 1.54) is 0 Å². The number of halogens is 2. The molecule has 0 bridgehead atoms. The van der Waals surface area contributed by atoms with Crippen molar-refractivity contribution < 1.29 is 0 Å². The van der Waals surface area contributed by atoms with Crippen molar-refractivity contribution in [1.82, 2.24) is 10.6 Å². The molecule has 0 unspecified atom stereocenters. The van der Waals surface area contributed by atoms with Gasteiger partial charge in [0.1, 0.15) is 0 Å². The van der Waals surface area contributed by atoms with E-state index in [1.807, 2.05) is 12.1 Å². The quantitative estimate of drug-likeness (QED) is 0.746. The van der Waals surface area contributed by atoms with E-state index in [9.17, 15) is 0 Å². The van der Waals surface area contributed by atoms with Gasteiger partial charge >= 0.3 is 0 Å². The predicted molar refractivity (Wildman–Crippen MR) is 75.9 cm³/mol. The Morgan fingerprint density at radius 2 is 1.82 bits per heavy atom. The Labute approximate surface area is 114 Å². The first-order valence-electron chi connectivity index (χ1n) is 5.95. The zero-order chi connectivity index (χ0) is 12.7. The lowest BCUT2D eigenvalue weighted by molar-refractivity contribution is 0.535. The Balaban J connectivity index is 2.18. The fraction of sp³-hybridized carbons (Fsp3) is 0.538. The summed E-state index contributed by atoms with van der Waals surface area (Å²) in [7, 11) is 0. The Morgan fingerprint density at radius 3 is 2.47 bits per heavy atom. The minimum atomic E-state index is 0.678. The van der Waals surface area contributed by atoms with Crippen molar-refractivity contribution in [1.29, 1.82) is 0 Å². The van der Waals surface area contributed by atoms with E-state index in [2.05, 4.69) is 24.5 Å². The first-order valence-corrected chi connectivity index (χ1v) is 6.70. The first kappa shape index (κ1) is 14.8. The van der Waals surface area contributed by atoms with Crippen LogP contribution in [-0.2, 0) is 6.54 Å². The molecule has 96 valence electrons. The lowest BCUT2D eigenvalue weighted by atomic mass is 10.2. The standard InChI is InChI=1S/C13H20Cl2N2/c1-10(2)8-16-5-6-17-9-11-3-4-12(14)7-13(11)15/h3-4,7,10,16-17H,5-6,8-9H2,1-2H3. The summed E-state index contributed by atoms with van der Waals surface area (Å²) in [4.78, 5) is 0. The second-order valence-corrected chi connectivity index (χ2v) is 5.35. The van der Waals surface area contributed by atoms with Crippen molar-refractivity contribution in [3.63, 3.8) is 0 Å². The fourth-order valence-electron chi connectivity index (χ4n) is 1.46. The van der Waals surface area contributed by atoms with Crippen LogP contribution in [0.1, 0.15) is 19.4 Å². The molecule has 0 amide bonds. The van der Waals surface area contributed by atoms with E-state index in [4.69, 9.17) is 23.2 Å². The number of benzene rings is 1. The highest BCUT2D eigenvalue weighted by atomic mass is 35.5. The molecule has 17 heavy (non-hydrogen) atoms. The van der Waals surface area contributed by atoms with E-state index >= 15 is 0 Å². The van der Waals surface area contributed by atoms with Gasteiger partial charge in [-0.05, 0) is 30.2 Å². The molecule has 0 aliphatic rings. The molecule has 0 radical (unpaired) electrons. The van der Waals surface area contributed by atoms with Gasteiger partial charge in [-0.25, -0.2) is 0 Å². The molecule has 2 nitrogen and oxygen atoms in total. The van der Waals surface area contributed by atoms with E-state index in [0.717, 1.165) is 36.8 Å². The molecule has 0 fully saturated rings. The van der Waals surface area contributed by atoms with Gasteiger partial charge in [0.25, 0.3) is 0 Å². The van der Waals surface area contributed by atoms with Gasteiger partial charge in [-0.15, -0.1) is 0 Å². The maximum atomic E-state index is 6.07. The molecule has 2 N–H and O–H groups in total. The second-order valence-electron chi connectivity index (χ2n) is 4.51. The molecule has 0 aliphatic carbocycles. The Bertz CT molecular complexity index is 340. The zero-order valence-electron chi connectivity index (χ0n) is 10.4. The van der Waals surface area contributed by atoms with Crippen LogP contribution >= 0.6 is 23.2 Å². The van der Waals surface area contributed by atoms with Crippen LogP contribution < -0.4 is 10.6 Å². The van der Waals surface area contributed by atoms with Gasteiger partial charge in [0, 0.05) is 29.7 Å². The normalized spacial score (nSPS) is 11.1. The average Bonchev–Trinajstić information content (AvgIpc) is 2.25. The molecule has 0 saturated carbocycles. The summed E-state index contributed by atoms with van der Waals surface area (Å²) in [6.45, 7) is 8.15. The summed E-state index contributed by atoms with van der Waals surface area (Å²) >= 11 is 11.9. The van der Waals surface area contributed by atoms with Gasteiger partial charge in [0.15, 0.2) is 0 Å². The van der Waals surface area contributed by atoms with E-state index < -0.39 is 0 Å². The van der Waals surface area contributed by atoms with E-state index in [-0.39, 0.29) is 0 Å². The summed E-state index contributed by atoms with van der Waals surface area (Å²) in [5, 5.41) is 8.12. The van der Waals surface area contributed by atoms with Gasteiger partial charge in [0.05, 0.1) is 0 Å². The fourth-order valence-corrected chi connectivity index (χ4v) is 1.93. The van der Waals surface area contributed by atoms with Crippen molar-refractivity contribution in [2.24, 2.45) is 5.92 Å². The number of hydrogen-bond acceptors (Lipinski definition) is 2. The van der Waals surface area contributed by atoms with Crippen molar-refractivity contribution >= 4 is 23.2 Å². The third-order valence-electron chi connectivity index (χ3n) is 2.36. The van der Waals surface area contributed by atoms with Gasteiger partial charge in [0.2, 0.25) is 0 Å². The number of rotatable bonds is 7. The van der Waals surface area contributed by atoms with Crippen LogP contribution in [0.15, 0.2) is 18.2 Å². The summed E-state index contributed by atoms with van der Waals surface area (Å²) in [6, 6.07) is 5.60. The van der Waals surface area contributed by atoms with Crippen molar-refractivity contribution in [3.8, 4) is 0 Å². The van der Waals surface area contributed by atoms with Crippen LogP contribution in [0.3, 0.4) is 0 Å². The highest BCUT2D eigenvalue weighted by Crippen LogP contribution is 2.20. The maximum absolute atomic E-state index is 6.07. The van der Waals surface area contributed by atoms with E-state index in [1.54, 1.807) is 6.07 Å². The third kappa shape index (κ3) is 6.27. The molecule has 0 spiro atoms. The molecule has 0 atom stereocenters. The summed E-state index contributed by atoms with van der Waals surface area (Å²) < 4.78 is 0. The number of nitrogens with one attached hydrogen (secondary N) is 2. The highest BCUT2D eigenvalue weighted by Gasteiger charge is 2.00. The number of hydrogen-bond donors (Lipinski definition) is 2. The molecule has 1 aromatic rings. The average molecular weight is 275 g/mol. The van der Waals surface area contributed by atoms with Gasteiger partial charge in [-0.1, -0.05) is 43.1 Å². The molecule has 1 rings (SSSR count). The summed E-state index contributed by atoms with van der Waals surface area (Å²) in [5.41, 5.74) is 1.08. The van der Waals surface area contributed by atoms with Crippen molar-refractivity contribution in [2.75, 3.05) is 19.6 Å². The molecule has 4 heteroatoms. The predicted octanol–water partition coefficient (Wildman–Crippen LogP) is 3.33. The Hall–Kier alpha value is -0.280. The van der Waals surface area contributed by atoms with Crippen LogP contribution in [0.2, 0.25) is 10.0 Å². The molecule has 0 heterocycles. The smallest absolute Gasteiger partial charge is 0.0465 e. The van der Waals surface area contributed by atoms with Crippen LogP contribution in [0.4, 0.5) is 0 Å². The topological polar surface area (TPSA) is 24.1 Å². The maximum Gasteiger partial charge on any atom is 0.0465 e. The molecular weight excluding hydrogens is 255 g/mol. The lowest BCUT2D eigenvalue weighted by Gasteiger charge is -2.09. The zero-order valence-corrected chi connectivity index (χ0v) is 11.9. The van der Waals surface area contributed by atoms with Gasteiger partial charge in [-0.2, -0.15) is 0 Å². The largest absolute Gasteiger partial charge is 0.315 e. The minimum absolute atomic E-state index is 0.678. The second kappa shape index (κ2) is 7.93. The van der Waals surface area contributed by atoms with E-state index in [0.29, 0.717) is 10.9 Å². The SMILES string of the molecule is CC(C)CNCCNCc1ccc(Cl)cc1Cl. The summed E-state index contributed by atoms with van der Waals surface area (Å²) in [5.74, 6) is 0.695. The van der Waals surface area contributed by atoms with Gasteiger partial charge in [-0.3, -0.25) is 0 Å². The lowest BCUT2D eigenvalue weighted by Crippen LogP contribution is -2.29. The van der Waals surface area contributed by atoms with Crippen LogP contribution in [0.5, 0.6) is 0 Å². The molecule has 0 saturated heterocycles. The van der Waals surface area contributed by atoms with Crippen LogP contribution in [0, 0.1) is 5.92 Å². The van der Waals surface area contributed by atoms with Crippen molar-refractivity contribution in [3.05, 3.63) is 33.8 Å². The highest BCUT2D eigenvalue weighted by molar-refractivity contribution is 6.35. The minimum Gasteiger partial charge on any atom is -0.315 e. The third-order valence-corrected chi connectivity index (χ3v) is 2.95. The molecular formula is C13H20Cl2N2. The summed E-state index contributed by atoms with van der Waals surface area (Å²) in [6.07, 6.45) is 0. The molecule has 0 aliphatic heterocycles.